The van der Waals surface area contributed by atoms with E-state index in [0.717, 1.165) is 16.8 Å². The number of carbonyl (C=O) groups excluding carboxylic acids is 1. The van der Waals surface area contributed by atoms with Gasteiger partial charge in [0, 0.05) is 18.3 Å². The number of amides is 1. The molecular formula is C16H15N3O2. The van der Waals surface area contributed by atoms with Gasteiger partial charge in [0.15, 0.2) is 0 Å². The molecule has 0 aliphatic heterocycles. The standard InChI is InChI=1S/C16H15N3O2/c1-12-9-18-15(11-17-12)16(21)19-10-14-6-4-13(5-7-14)3-2-8-20/h4-7,9,11,20H,8,10H2,1H3,(H,19,21). The van der Waals surface area contributed by atoms with Crippen LogP contribution < -0.4 is 5.32 Å². The number of hydrogen-bond donors (Lipinski definition) is 2. The van der Waals surface area contributed by atoms with E-state index in [1.807, 2.05) is 31.2 Å². The van der Waals surface area contributed by atoms with E-state index in [1.165, 1.54) is 6.20 Å². The average Bonchev–Trinajstić information content (AvgIpc) is 2.52. The highest BCUT2D eigenvalue weighted by Gasteiger charge is 2.06. The van der Waals surface area contributed by atoms with Crippen molar-refractivity contribution in [2.24, 2.45) is 0 Å². The lowest BCUT2D eigenvalue weighted by molar-refractivity contribution is 0.0945. The number of aryl methyl sites for hydroxylation is 1. The Kier molecular flexibility index (Phi) is 5.02. The Morgan fingerprint density at radius 1 is 1.24 bits per heavy atom. The first-order valence-corrected chi connectivity index (χ1v) is 6.44. The molecule has 1 aromatic carbocycles. The van der Waals surface area contributed by atoms with Gasteiger partial charge in [-0.3, -0.25) is 9.78 Å². The normalized spacial score (nSPS) is 9.62. The first-order chi connectivity index (χ1) is 10.2. The number of aliphatic hydroxyl groups is 1. The number of carbonyl (C=O) groups is 1. The maximum atomic E-state index is 11.9. The zero-order chi connectivity index (χ0) is 15.1. The summed E-state index contributed by atoms with van der Waals surface area (Å²) in [4.78, 5) is 19.9. The van der Waals surface area contributed by atoms with Crippen molar-refractivity contribution in [1.82, 2.24) is 15.3 Å². The number of aliphatic hydroxyl groups excluding tert-OH is 1. The summed E-state index contributed by atoms with van der Waals surface area (Å²) in [6.45, 7) is 2.06. The van der Waals surface area contributed by atoms with Crippen LogP contribution in [0.1, 0.15) is 27.3 Å². The summed E-state index contributed by atoms with van der Waals surface area (Å²) in [6, 6.07) is 7.44. The molecule has 0 fully saturated rings. The molecule has 0 bridgehead atoms. The van der Waals surface area contributed by atoms with Crippen molar-refractivity contribution in [1.29, 1.82) is 0 Å². The molecule has 0 spiro atoms. The fourth-order valence-electron chi connectivity index (χ4n) is 1.63. The van der Waals surface area contributed by atoms with E-state index in [-0.39, 0.29) is 12.5 Å². The second-order valence-corrected chi connectivity index (χ2v) is 4.38. The minimum atomic E-state index is -0.258. The molecule has 0 saturated carbocycles. The lowest BCUT2D eigenvalue weighted by Gasteiger charge is -2.05. The molecule has 2 N–H and O–H groups in total. The Morgan fingerprint density at radius 2 is 2.00 bits per heavy atom. The van der Waals surface area contributed by atoms with Crippen molar-refractivity contribution in [2.75, 3.05) is 6.61 Å². The molecule has 1 aromatic heterocycles. The number of aromatic nitrogens is 2. The van der Waals surface area contributed by atoms with Gasteiger partial charge in [-0.2, -0.15) is 0 Å². The van der Waals surface area contributed by atoms with Gasteiger partial charge in [0.05, 0.1) is 11.9 Å². The molecule has 1 heterocycles. The molecule has 0 radical (unpaired) electrons. The zero-order valence-corrected chi connectivity index (χ0v) is 11.6. The topological polar surface area (TPSA) is 75.1 Å². The van der Waals surface area contributed by atoms with Gasteiger partial charge < -0.3 is 10.4 Å². The summed E-state index contributed by atoms with van der Waals surface area (Å²) in [5, 5.41) is 11.4. The SMILES string of the molecule is Cc1cnc(C(=O)NCc2ccc(C#CCO)cc2)cn1. The Labute approximate surface area is 123 Å². The summed E-state index contributed by atoms with van der Waals surface area (Å²) in [5.41, 5.74) is 2.85. The molecule has 2 aromatic rings. The second-order valence-electron chi connectivity index (χ2n) is 4.38. The second kappa shape index (κ2) is 7.17. The van der Waals surface area contributed by atoms with E-state index in [1.54, 1.807) is 6.20 Å². The molecule has 0 saturated heterocycles. The quantitative estimate of drug-likeness (QED) is 0.825. The monoisotopic (exact) mass is 281 g/mol. The molecule has 0 aliphatic carbocycles. The Morgan fingerprint density at radius 3 is 2.62 bits per heavy atom. The van der Waals surface area contributed by atoms with Crippen LogP contribution >= 0.6 is 0 Å². The van der Waals surface area contributed by atoms with E-state index >= 15 is 0 Å². The third kappa shape index (κ3) is 4.41. The molecule has 2 rings (SSSR count). The van der Waals surface area contributed by atoms with E-state index in [9.17, 15) is 4.79 Å². The highest BCUT2D eigenvalue weighted by atomic mass is 16.2. The van der Waals surface area contributed by atoms with Crippen LogP contribution in [-0.4, -0.2) is 27.6 Å². The fourth-order valence-corrected chi connectivity index (χ4v) is 1.63. The number of nitrogens with one attached hydrogen (secondary N) is 1. The van der Waals surface area contributed by atoms with Gasteiger partial charge in [0.2, 0.25) is 0 Å². The minimum absolute atomic E-state index is 0.157. The maximum absolute atomic E-state index is 11.9. The van der Waals surface area contributed by atoms with Crippen LogP contribution in [0.25, 0.3) is 0 Å². The van der Waals surface area contributed by atoms with Crippen LogP contribution in [0.5, 0.6) is 0 Å². The van der Waals surface area contributed by atoms with Crippen LogP contribution in [0.3, 0.4) is 0 Å². The van der Waals surface area contributed by atoms with Gasteiger partial charge in [0.1, 0.15) is 12.3 Å². The molecule has 0 aliphatic rings. The Bertz CT molecular complexity index is 667. The van der Waals surface area contributed by atoms with Gasteiger partial charge in [-0.15, -0.1) is 0 Å². The van der Waals surface area contributed by atoms with Crippen molar-refractivity contribution in [3.8, 4) is 11.8 Å². The van der Waals surface area contributed by atoms with Gasteiger partial charge in [-0.25, -0.2) is 4.98 Å². The third-order valence-electron chi connectivity index (χ3n) is 2.73. The van der Waals surface area contributed by atoms with Gasteiger partial charge in [-0.05, 0) is 24.6 Å². The molecular weight excluding hydrogens is 266 g/mol. The summed E-state index contributed by atoms with van der Waals surface area (Å²) >= 11 is 0. The predicted octanol–water partition coefficient (Wildman–Crippen LogP) is 1.06. The van der Waals surface area contributed by atoms with Crippen molar-refractivity contribution in [3.05, 3.63) is 59.2 Å². The van der Waals surface area contributed by atoms with E-state index < -0.39 is 0 Å². The van der Waals surface area contributed by atoms with Crippen LogP contribution in [0.4, 0.5) is 0 Å². The Balaban J connectivity index is 1.93. The minimum Gasteiger partial charge on any atom is -0.384 e. The van der Waals surface area contributed by atoms with Crippen LogP contribution in [0, 0.1) is 18.8 Å². The fraction of sp³-hybridized carbons (Fsp3) is 0.188. The molecule has 21 heavy (non-hydrogen) atoms. The lowest BCUT2D eigenvalue weighted by Crippen LogP contribution is -2.24. The number of nitrogens with zero attached hydrogens (tertiary/aromatic N) is 2. The highest BCUT2D eigenvalue weighted by molar-refractivity contribution is 5.91. The van der Waals surface area contributed by atoms with Crippen LogP contribution in [-0.2, 0) is 6.54 Å². The van der Waals surface area contributed by atoms with E-state index in [0.29, 0.717) is 12.2 Å². The summed E-state index contributed by atoms with van der Waals surface area (Å²) in [6.07, 6.45) is 3.02. The molecule has 5 heteroatoms. The van der Waals surface area contributed by atoms with Crippen molar-refractivity contribution < 1.29 is 9.90 Å². The van der Waals surface area contributed by atoms with E-state index in [2.05, 4.69) is 27.1 Å². The first kappa shape index (κ1) is 14.7. The van der Waals surface area contributed by atoms with Crippen molar-refractivity contribution in [2.45, 2.75) is 13.5 Å². The molecule has 0 atom stereocenters. The van der Waals surface area contributed by atoms with Gasteiger partial charge >= 0.3 is 0 Å². The number of rotatable bonds is 3. The largest absolute Gasteiger partial charge is 0.384 e. The number of benzene rings is 1. The maximum Gasteiger partial charge on any atom is 0.271 e. The van der Waals surface area contributed by atoms with Crippen molar-refractivity contribution >= 4 is 5.91 Å². The summed E-state index contributed by atoms with van der Waals surface area (Å²) in [5.74, 6) is 5.14. The van der Waals surface area contributed by atoms with Crippen LogP contribution in [0.2, 0.25) is 0 Å². The zero-order valence-electron chi connectivity index (χ0n) is 11.6. The third-order valence-corrected chi connectivity index (χ3v) is 2.73. The molecule has 5 nitrogen and oxygen atoms in total. The highest BCUT2D eigenvalue weighted by Crippen LogP contribution is 2.03. The number of hydrogen-bond acceptors (Lipinski definition) is 4. The molecule has 0 unspecified atom stereocenters. The summed E-state index contributed by atoms with van der Waals surface area (Å²) in [7, 11) is 0. The van der Waals surface area contributed by atoms with E-state index in [4.69, 9.17) is 5.11 Å². The van der Waals surface area contributed by atoms with Crippen LogP contribution in [0.15, 0.2) is 36.7 Å². The average molecular weight is 281 g/mol. The first-order valence-electron chi connectivity index (χ1n) is 6.44. The van der Waals surface area contributed by atoms with Crippen molar-refractivity contribution in [3.63, 3.8) is 0 Å². The Hall–Kier alpha value is -2.71. The van der Waals surface area contributed by atoms with Gasteiger partial charge in [0.25, 0.3) is 5.91 Å². The van der Waals surface area contributed by atoms with Gasteiger partial charge in [-0.1, -0.05) is 24.0 Å². The lowest BCUT2D eigenvalue weighted by atomic mass is 10.1. The molecule has 1 amide bonds. The summed E-state index contributed by atoms with van der Waals surface area (Å²) < 4.78 is 0. The predicted molar refractivity (Wildman–Crippen MR) is 78.3 cm³/mol. The molecule has 106 valence electrons. The smallest absolute Gasteiger partial charge is 0.271 e.